The summed E-state index contributed by atoms with van der Waals surface area (Å²) in [5.41, 5.74) is 5.47. The number of aliphatic carboxylic acids is 1. The largest absolute Gasteiger partial charge is 0.480 e. The third kappa shape index (κ3) is 4.14. The lowest BCUT2D eigenvalue weighted by Crippen LogP contribution is -2.49. The van der Waals surface area contributed by atoms with Crippen LogP contribution >= 0.6 is 0 Å². The van der Waals surface area contributed by atoms with Crippen molar-refractivity contribution in [3.63, 3.8) is 0 Å². The highest BCUT2D eigenvalue weighted by Gasteiger charge is 2.29. The number of carboxylic acid groups (broad SMARTS) is 1. The maximum Gasteiger partial charge on any atom is 0.408 e. The average Bonchev–Trinajstić information content (AvgIpc) is 3.03. The Balaban J connectivity index is 1.66. The molecule has 0 spiro atoms. The van der Waals surface area contributed by atoms with Gasteiger partial charge in [0.2, 0.25) is 0 Å². The smallest absolute Gasteiger partial charge is 0.408 e. The number of ether oxygens (including phenoxy) is 2. The van der Waals surface area contributed by atoms with Gasteiger partial charge in [-0.15, -0.1) is 0 Å². The number of amides is 1. The van der Waals surface area contributed by atoms with Crippen LogP contribution in [0.1, 0.15) is 30.5 Å². The van der Waals surface area contributed by atoms with Gasteiger partial charge in [-0.05, 0) is 41.2 Å². The minimum atomic E-state index is -1.40. The van der Waals surface area contributed by atoms with E-state index >= 15 is 0 Å². The lowest BCUT2D eigenvalue weighted by atomic mass is 10.0. The lowest BCUT2D eigenvalue weighted by molar-refractivity contribution is -0.152. The Morgan fingerprint density at radius 3 is 2.54 bits per heavy atom. The van der Waals surface area contributed by atoms with Gasteiger partial charge in [0, 0.05) is 6.92 Å². The first kappa shape index (κ1) is 19.4. The van der Waals surface area contributed by atoms with Crippen molar-refractivity contribution in [2.24, 2.45) is 0 Å². The van der Waals surface area contributed by atoms with Crippen LogP contribution < -0.4 is 5.32 Å². The quantitative estimate of drug-likeness (QED) is 0.635. The Bertz CT molecular complexity index is 923. The van der Waals surface area contributed by atoms with Crippen molar-refractivity contribution in [1.82, 2.24) is 5.32 Å². The highest BCUT2D eigenvalue weighted by Crippen LogP contribution is 2.38. The van der Waals surface area contributed by atoms with Crippen LogP contribution in [-0.4, -0.2) is 35.3 Å². The van der Waals surface area contributed by atoms with Crippen LogP contribution in [0.5, 0.6) is 0 Å². The van der Waals surface area contributed by atoms with Crippen LogP contribution in [0.15, 0.2) is 42.5 Å². The lowest BCUT2D eigenvalue weighted by Gasteiger charge is -2.21. The average molecular weight is 383 g/mol. The SMILES string of the molecule is CC(=O)O[C@H](C)[C@H](NC(=O)OCc1cccc2c1Cc1ccccc1-2)C(=O)O. The molecule has 7 nitrogen and oxygen atoms in total. The van der Waals surface area contributed by atoms with Gasteiger partial charge in [0.1, 0.15) is 12.7 Å². The van der Waals surface area contributed by atoms with Gasteiger partial charge in [0.05, 0.1) is 0 Å². The van der Waals surface area contributed by atoms with Crippen molar-refractivity contribution in [3.05, 3.63) is 59.2 Å². The number of carbonyl (C=O) groups is 3. The standard InChI is InChI=1S/C21H21NO6/c1-12(28-13(2)23)19(20(24)25)22-21(26)27-11-15-7-5-9-17-16-8-4-3-6-14(16)10-18(15)17/h3-9,12,19H,10-11H2,1-2H3,(H,22,26)(H,24,25)/t12-,19+/m1/s1. The van der Waals surface area contributed by atoms with Crippen LogP contribution in [0.4, 0.5) is 4.79 Å². The molecule has 7 heteroatoms. The van der Waals surface area contributed by atoms with Gasteiger partial charge in [-0.25, -0.2) is 9.59 Å². The van der Waals surface area contributed by atoms with Gasteiger partial charge in [0.25, 0.3) is 0 Å². The van der Waals surface area contributed by atoms with E-state index in [2.05, 4.69) is 17.4 Å². The molecule has 0 aromatic heterocycles. The van der Waals surface area contributed by atoms with Crippen molar-refractivity contribution < 1.29 is 29.0 Å². The molecular weight excluding hydrogens is 362 g/mol. The number of fused-ring (bicyclic) bond motifs is 3. The zero-order valence-corrected chi connectivity index (χ0v) is 15.6. The first-order valence-corrected chi connectivity index (χ1v) is 8.89. The van der Waals surface area contributed by atoms with Gasteiger partial charge in [-0.3, -0.25) is 4.79 Å². The summed E-state index contributed by atoms with van der Waals surface area (Å²) >= 11 is 0. The highest BCUT2D eigenvalue weighted by molar-refractivity contribution is 5.81. The minimum Gasteiger partial charge on any atom is -0.480 e. The molecule has 1 aliphatic rings. The molecule has 1 aliphatic carbocycles. The van der Waals surface area contributed by atoms with E-state index in [1.165, 1.54) is 25.0 Å². The Kier molecular flexibility index (Phi) is 5.63. The molecular formula is C21H21NO6. The minimum absolute atomic E-state index is 0.0112. The van der Waals surface area contributed by atoms with E-state index in [0.717, 1.165) is 23.1 Å². The number of carbonyl (C=O) groups excluding carboxylic acids is 2. The van der Waals surface area contributed by atoms with Crippen molar-refractivity contribution in [2.75, 3.05) is 0 Å². The first-order chi connectivity index (χ1) is 13.4. The predicted octanol–water partition coefficient (Wildman–Crippen LogP) is 2.89. The third-order valence-electron chi connectivity index (χ3n) is 4.67. The summed E-state index contributed by atoms with van der Waals surface area (Å²) in [4.78, 5) is 34.5. The van der Waals surface area contributed by atoms with Crippen molar-refractivity contribution in [1.29, 1.82) is 0 Å². The van der Waals surface area contributed by atoms with Gasteiger partial charge in [0.15, 0.2) is 6.04 Å². The molecule has 146 valence electrons. The molecule has 28 heavy (non-hydrogen) atoms. The molecule has 2 N–H and O–H groups in total. The van der Waals surface area contributed by atoms with Gasteiger partial charge < -0.3 is 19.9 Å². The summed E-state index contributed by atoms with van der Waals surface area (Å²) in [6, 6.07) is 12.5. The Morgan fingerprint density at radius 2 is 1.82 bits per heavy atom. The third-order valence-corrected chi connectivity index (χ3v) is 4.67. The van der Waals surface area contributed by atoms with Crippen LogP contribution in [0.2, 0.25) is 0 Å². The van der Waals surface area contributed by atoms with Crippen molar-refractivity contribution in [3.8, 4) is 11.1 Å². The zero-order chi connectivity index (χ0) is 20.3. The Hall–Kier alpha value is -3.35. The zero-order valence-electron chi connectivity index (χ0n) is 15.6. The second-order valence-corrected chi connectivity index (χ2v) is 6.63. The van der Waals surface area contributed by atoms with E-state index in [9.17, 15) is 19.5 Å². The maximum absolute atomic E-state index is 12.1. The van der Waals surface area contributed by atoms with E-state index in [1.54, 1.807) is 0 Å². The molecule has 0 fully saturated rings. The molecule has 0 aliphatic heterocycles. The maximum atomic E-state index is 12.1. The second-order valence-electron chi connectivity index (χ2n) is 6.63. The molecule has 2 aromatic carbocycles. The fourth-order valence-electron chi connectivity index (χ4n) is 3.38. The van der Waals surface area contributed by atoms with Crippen molar-refractivity contribution >= 4 is 18.0 Å². The van der Waals surface area contributed by atoms with E-state index in [-0.39, 0.29) is 6.61 Å². The highest BCUT2D eigenvalue weighted by atomic mass is 16.6. The van der Waals surface area contributed by atoms with E-state index in [1.807, 2.05) is 30.3 Å². The number of hydrogen-bond acceptors (Lipinski definition) is 5. The fourth-order valence-corrected chi connectivity index (χ4v) is 3.38. The summed E-state index contributed by atoms with van der Waals surface area (Å²) in [6.07, 6.45) is -1.16. The van der Waals surface area contributed by atoms with E-state index in [4.69, 9.17) is 9.47 Å². The summed E-state index contributed by atoms with van der Waals surface area (Å²) in [5, 5.41) is 11.5. The number of hydrogen-bond donors (Lipinski definition) is 2. The van der Waals surface area contributed by atoms with Gasteiger partial charge >= 0.3 is 18.0 Å². The molecule has 0 saturated heterocycles. The van der Waals surface area contributed by atoms with Crippen LogP contribution in [0, 0.1) is 0 Å². The molecule has 0 unspecified atom stereocenters. The van der Waals surface area contributed by atoms with Gasteiger partial charge in [-0.2, -0.15) is 0 Å². The van der Waals surface area contributed by atoms with Crippen LogP contribution in [0.25, 0.3) is 11.1 Å². The normalized spacial score (nSPS) is 13.6. The number of rotatable bonds is 6. The van der Waals surface area contributed by atoms with E-state index in [0.29, 0.717) is 0 Å². The summed E-state index contributed by atoms with van der Waals surface area (Å²) in [7, 11) is 0. The molecule has 2 aromatic rings. The topological polar surface area (TPSA) is 102 Å². The molecule has 0 bridgehead atoms. The number of esters is 1. The predicted molar refractivity (Wildman–Crippen MR) is 101 cm³/mol. The molecule has 1 amide bonds. The molecule has 2 atom stereocenters. The Morgan fingerprint density at radius 1 is 1.11 bits per heavy atom. The summed E-state index contributed by atoms with van der Waals surface area (Å²) < 4.78 is 10.1. The molecule has 0 saturated carbocycles. The summed E-state index contributed by atoms with van der Waals surface area (Å²) in [6.45, 7) is 2.57. The van der Waals surface area contributed by atoms with Crippen LogP contribution in [0.3, 0.4) is 0 Å². The monoisotopic (exact) mass is 383 g/mol. The number of carboxylic acids is 1. The molecule has 0 radical (unpaired) electrons. The first-order valence-electron chi connectivity index (χ1n) is 8.89. The van der Waals surface area contributed by atoms with Crippen LogP contribution in [-0.2, 0) is 32.1 Å². The van der Waals surface area contributed by atoms with Crippen molar-refractivity contribution in [2.45, 2.75) is 39.0 Å². The number of nitrogens with one attached hydrogen (secondary N) is 1. The summed E-state index contributed by atoms with van der Waals surface area (Å²) in [5.74, 6) is -1.95. The number of benzene rings is 2. The number of alkyl carbamates (subject to hydrolysis) is 1. The van der Waals surface area contributed by atoms with Gasteiger partial charge in [-0.1, -0.05) is 42.5 Å². The Labute approximate surface area is 162 Å². The molecule has 3 rings (SSSR count). The van der Waals surface area contributed by atoms with E-state index < -0.39 is 30.2 Å². The fraction of sp³-hybridized carbons (Fsp3) is 0.286. The second kappa shape index (κ2) is 8.12. The molecule has 0 heterocycles.